The average molecular weight is 317 g/mol. The molecule has 0 bridgehead atoms. The largest absolute Gasteiger partial charge is 0.508 e. The number of rotatable bonds is 4. The van der Waals surface area contributed by atoms with Crippen LogP contribution in [0.25, 0.3) is 11.0 Å². The highest BCUT2D eigenvalue weighted by Gasteiger charge is 2.29. The molecule has 1 aromatic heterocycles. The van der Waals surface area contributed by atoms with Gasteiger partial charge in [0.15, 0.2) is 5.52 Å². The molecule has 11 nitrogen and oxygen atoms in total. The Hall–Kier alpha value is -3.76. The molecule has 0 unspecified atom stereocenters. The van der Waals surface area contributed by atoms with E-state index in [9.17, 15) is 25.3 Å². The number of benzene rings is 2. The van der Waals surface area contributed by atoms with Gasteiger partial charge >= 0.3 is 11.4 Å². The Morgan fingerprint density at radius 2 is 1.61 bits per heavy atom. The number of phenols is 1. The fourth-order valence-corrected chi connectivity index (χ4v) is 2.01. The minimum atomic E-state index is -0.802. The van der Waals surface area contributed by atoms with E-state index in [0.717, 1.165) is 6.07 Å². The molecule has 116 valence electrons. The van der Waals surface area contributed by atoms with E-state index < -0.39 is 21.2 Å². The van der Waals surface area contributed by atoms with Gasteiger partial charge in [-0.05, 0) is 34.6 Å². The molecule has 0 aliphatic heterocycles. The Balaban J connectivity index is 2.22. The maximum Gasteiger partial charge on any atom is 0.307 e. The molecule has 0 fully saturated rings. The van der Waals surface area contributed by atoms with Crippen molar-refractivity contribution in [2.45, 2.75) is 0 Å². The van der Waals surface area contributed by atoms with E-state index in [1.165, 1.54) is 24.3 Å². The third-order valence-electron chi connectivity index (χ3n) is 3.03. The summed E-state index contributed by atoms with van der Waals surface area (Å²) in [5.74, 6) is 0.0157. The Kier molecular flexibility index (Phi) is 3.22. The van der Waals surface area contributed by atoms with Crippen LogP contribution in [0.3, 0.4) is 0 Å². The summed E-state index contributed by atoms with van der Waals surface area (Å²) in [6, 6.07) is 6.48. The molecule has 0 spiro atoms. The van der Waals surface area contributed by atoms with Crippen molar-refractivity contribution < 1.29 is 19.6 Å². The number of aromatic hydroxyl groups is 1. The first kappa shape index (κ1) is 14.2. The van der Waals surface area contributed by atoms with E-state index in [0.29, 0.717) is 5.69 Å². The minimum Gasteiger partial charge on any atom is -0.508 e. The van der Waals surface area contributed by atoms with Gasteiger partial charge in [-0.15, -0.1) is 0 Å². The molecule has 0 amide bonds. The van der Waals surface area contributed by atoms with Crippen molar-refractivity contribution in [1.29, 1.82) is 0 Å². The molecule has 0 atom stereocenters. The zero-order valence-electron chi connectivity index (χ0n) is 11.2. The van der Waals surface area contributed by atoms with Crippen LogP contribution in [0, 0.1) is 20.2 Å². The number of fused-ring (bicyclic) bond motifs is 1. The van der Waals surface area contributed by atoms with Gasteiger partial charge < -0.3 is 10.4 Å². The summed E-state index contributed by atoms with van der Waals surface area (Å²) in [5.41, 5.74) is -1.16. The maximum absolute atomic E-state index is 11.2. The van der Waals surface area contributed by atoms with Crippen LogP contribution in [0.15, 0.2) is 35.0 Å². The summed E-state index contributed by atoms with van der Waals surface area (Å²) < 4.78 is 4.48. The molecule has 0 radical (unpaired) electrons. The maximum atomic E-state index is 11.2. The second-order valence-electron chi connectivity index (χ2n) is 4.44. The lowest BCUT2D eigenvalue weighted by Crippen LogP contribution is -2.00. The zero-order chi connectivity index (χ0) is 16.6. The molecule has 23 heavy (non-hydrogen) atoms. The van der Waals surface area contributed by atoms with Crippen LogP contribution in [0.1, 0.15) is 0 Å². The highest BCUT2D eigenvalue weighted by Crippen LogP contribution is 2.39. The summed E-state index contributed by atoms with van der Waals surface area (Å²) >= 11 is 0. The van der Waals surface area contributed by atoms with Gasteiger partial charge in [-0.3, -0.25) is 20.2 Å². The molecule has 1 heterocycles. The number of nitro benzene ring substituents is 2. The van der Waals surface area contributed by atoms with Gasteiger partial charge in [0.05, 0.1) is 15.9 Å². The fourth-order valence-electron chi connectivity index (χ4n) is 2.01. The zero-order valence-corrected chi connectivity index (χ0v) is 11.2. The topological polar surface area (TPSA) is 157 Å². The lowest BCUT2D eigenvalue weighted by Gasteiger charge is -2.07. The molecule has 2 N–H and O–H groups in total. The second kappa shape index (κ2) is 5.22. The van der Waals surface area contributed by atoms with Crippen LogP contribution in [0.4, 0.5) is 22.7 Å². The van der Waals surface area contributed by atoms with Crippen molar-refractivity contribution in [3.05, 3.63) is 50.6 Å². The van der Waals surface area contributed by atoms with Gasteiger partial charge in [0.1, 0.15) is 11.4 Å². The number of aromatic nitrogens is 2. The van der Waals surface area contributed by atoms with Crippen molar-refractivity contribution in [3.63, 3.8) is 0 Å². The lowest BCUT2D eigenvalue weighted by molar-refractivity contribution is -0.392. The Morgan fingerprint density at radius 1 is 1.00 bits per heavy atom. The van der Waals surface area contributed by atoms with Gasteiger partial charge in [0, 0.05) is 5.69 Å². The van der Waals surface area contributed by atoms with Gasteiger partial charge in [-0.25, -0.2) is 4.63 Å². The van der Waals surface area contributed by atoms with Crippen LogP contribution in [0.2, 0.25) is 0 Å². The van der Waals surface area contributed by atoms with E-state index >= 15 is 0 Å². The van der Waals surface area contributed by atoms with E-state index in [4.69, 9.17) is 0 Å². The fraction of sp³-hybridized carbons (Fsp3) is 0. The predicted molar refractivity (Wildman–Crippen MR) is 76.5 cm³/mol. The quantitative estimate of drug-likeness (QED) is 0.418. The summed E-state index contributed by atoms with van der Waals surface area (Å²) in [4.78, 5) is 20.7. The number of hydrogen-bond acceptors (Lipinski definition) is 9. The summed E-state index contributed by atoms with van der Waals surface area (Å²) in [6.45, 7) is 0. The van der Waals surface area contributed by atoms with Crippen molar-refractivity contribution in [2.75, 3.05) is 5.32 Å². The Bertz CT molecular complexity index is 920. The van der Waals surface area contributed by atoms with E-state index in [2.05, 4.69) is 20.3 Å². The van der Waals surface area contributed by atoms with Crippen LogP contribution < -0.4 is 5.32 Å². The second-order valence-corrected chi connectivity index (χ2v) is 4.44. The SMILES string of the molecule is O=[N+]([O-])c1cc([N+](=O)[O-])c2nonc2c1Nc1ccc(O)cc1. The van der Waals surface area contributed by atoms with Crippen LogP contribution in [-0.2, 0) is 0 Å². The van der Waals surface area contributed by atoms with Gasteiger partial charge in [0.2, 0.25) is 5.52 Å². The number of hydrogen-bond donors (Lipinski definition) is 2. The Labute approximate surface area is 126 Å². The average Bonchev–Trinajstić information content (AvgIpc) is 2.98. The van der Waals surface area contributed by atoms with Gasteiger partial charge in [-0.1, -0.05) is 0 Å². The number of non-ortho nitro benzene ring substituents is 1. The molecule has 0 saturated carbocycles. The molecule has 0 saturated heterocycles. The molecule has 11 heteroatoms. The van der Waals surface area contributed by atoms with E-state index in [1.54, 1.807) is 0 Å². The summed E-state index contributed by atoms with van der Waals surface area (Å²) in [7, 11) is 0. The third kappa shape index (κ3) is 2.46. The van der Waals surface area contributed by atoms with Crippen LogP contribution in [0.5, 0.6) is 5.75 Å². The summed E-state index contributed by atoms with van der Waals surface area (Å²) in [6.07, 6.45) is 0. The lowest BCUT2D eigenvalue weighted by atomic mass is 10.2. The highest BCUT2D eigenvalue weighted by molar-refractivity contribution is 6.00. The van der Waals surface area contributed by atoms with Gasteiger partial charge in [-0.2, -0.15) is 0 Å². The first-order valence-corrected chi connectivity index (χ1v) is 6.11. The molecular formula is C12H7N5O6. The number of nitrogens with zero attached hydrogens (tertiary/aromatic N) is 4. The van der Waals surface area contributed by atoms with Crippen LogP contribution in [-0.4, -0.2) is 25.3 Å². The minimum absolute atomic E-state index is 0.0157. The van der Waals surface area contributed by atoms with Crippen LogP contribution >= 0.6 is 0 Å². The van der Waals surface area contributed by atoms with Crippen molar-refractivity contribution in [1.82, 2.24) is 10.3 Å². The van der Waals surface area contributed by atoms with Crippen molar-refractivity contribution in [2.24, 2.45) is 0 Å². The van der Waals surface area contributed by atoms with Crippen molar-refractivity contribution in [3.8, 4) is 5.75 Å². The molecule has 0 aliphatic rings. The first-order chi connectivity index (χ1) is 11.0. The number of nitro groups is 2. The van der Waals surface area contributed by atoms with E-state index in [-0.39, 0.29) is 22.5 Å². The summed E-state index contributed by atoms with van der Waals surface area (Å²) in [5, 5.41) is 41.2. The molecule has 3 aromatic rings. The first-order valence-electron chi connectivity index (χ1n) is 6.11. The third-order valence-corrected chi connectivity index (χ3v) is 3.03. The molecule has 0 aliphatic carbocycles. The van der Waals surface area contributed by atoms with Crippen molar-refractivity contribution >= 4 is 33.8 Å². The number of phenolic OH excluding ortho intramolecular Hbond substituents is 1. The standard InChI is InChI=1S/C12H7N5O6/c18-7-3-1-6(2-4-7)13-10-8(16(19)20)5-9(17(21)22)11-12(10)15-23-14-11/h1-5,13,18H. The number of anilines is 2. The molecule has 3 rings (SSSR count). The normalized spacial score (nSPS) is 10.6. The van der Waals surface area contributed by atoms with E-state index in [1.807, 2.05) is 0 Å². The highest BCUT2D eigenvalue weighted by atomic mass is 16.6. The van der Waals surface area contributed by atoms with Gasteiger partial charge in [0.25, 0.3) is 0 Å². The molecular weight excluding hydrogens is 310 g/mol. The smallest absolute Gasteiger partial charge is 0.307 e. The predicted octanol–water partition coefficient (Wildman–Crippen LogP) is 2.49. The molecule has 2 aromatic carbocycles. The monoisotopic (exact) mass is 317 g/mol. The number of nitrogens with one attached hydrogen (secondary N) is 1. The Morgan fingerprint density at radius 3 is 2.22 bits per heavy atom.